The predicted octanol–water partition coefficient (Wildman–Crippen LogP) is 1.02. The number of carbonyl (C=O) groups excluding carboxylic acids is 2. The summed E-state index contributed by atoms with van der Waals surface area (Å²) in [5.74, 6) is -1.23. The van der Waals surface area contributed by atoms with E-state index in [4.69, 9.17) is 10.5 Å². The van der Waals surface area contributed by atoms with Gasteiger partial charge in [-0.15, -0.1) is 0 Å². The van der Waals surface area contributed by atoms with Crippen LogP contribution >= 0.6 is 0 Å². The monoisotopic (exact) mass is 432 g/mol. The number of H-pyrrole nitrogens is 1. The van der Waals surface area contributed by atoms with E-state index < -0.39 is 25.2 Å². The van der Waals surface area contributed by atoms with Crippen LogP contribution in [0.15, 0.2) is 18.2 Å². The maximum Gasteiger partial charge on any atom is 0.355 e. The van der Waals surface area contributed by atoms with Crippen LogP contribution in [0.5, 0.6) is 0 Å². The van der Waals surface area contributed by atoms with Gasteiger partial charge in [-0.2, -0.15) is 0 Å². The number of methoxy groups -OCH3 is 1. The van der Waals surface area contributed by atoms with Crippen LogP contribution in [-0.4, -0.2) is 52.5 Å². The molecule has 0 aliphatic rings. The largest absolute Gasteiger partial charge is 0.466 e. The molecule has 1 aromatic carbocycles. The molecule has 9 heteroatoms. The first kappa shape index (κ1) is 24.3. The average Bonchev–Trinajstić information content (AvgIpc) is 3.14. The minimum absolute atomic E-state index is 0.126. The summed E-state index contributed by atoms with van der Waals surface area (Å²) in [4.78, 5) is 27.4. The van der Waals surface area contributed by atoms with E-state index in [1.807, 2.05) is 0 Å². The molecule has 0 saturated carbocycles. The lowest BCUT2D eigenvalue weighted by atomic mass is 9.89. The molecule has 1 heterocycles. The molecule has 0 aliphatic heterocycles. The third-order valence-electron chi connectivity index (χ3n) is 4.86. The fraction of sp³-hybridized carbons (Fsp3) is 0.364. The Labute approximate surface area is 180 Å². The fourth-order valence-electron chi connectivity index (χ4n) is 3.46. The van der Waals surface area contributed by atoms with Crippen molar-refractivity contribution in [2.45, 2.75) is 33.2 Å². The number of carbonyl (C=O) groups is 2. The molecular weight excluding hydrogens is 404 g/mol. The zero-order valence-corrected chi connectivity index (χ0v) is 17.6. The molecule has 6 N–H and O–H groups in total. The molecule has 0 spiro atoms. The number of ether oxygens (including phenoxy) is 2. The van der Waals surface area contributed by atoms with Crippen molar-refractivity contribution in [3.8, 4) is 11.1 Å². The summed E-state index contributed by atoms with van der Waals surface area (Å²) >= 11 is 0. The van der Waals surface area contributed by atoms with E-state index in [9.17, 15) is 24.9 Å². The lowest BCUT2D eigenvalue weighted by Gasteiger charge is -2.17. The molecule has 0 fully saturated rings. The first-order valence-corrected chi connectivity index (χ1v) is 9.81. The maximum atomic E-state index is 12.6. The standard InChI is InChI=1S/C22H28N2O7/c1-3-31-22(29)21-15(6-7-19(28)30-2)20(18(24-21)8-9-23)14-5-4-13(10-25)16(11-26)17(14)12-27/h4-7,24-27H,3,8-12,23H2,1-2H3/b7-6+. The maximum absolute atomic E-state index is 12.6. The number of aliphatic hydroxyl groups is 3. The van der Waals surface area contributed by atoms with Gasteiger partial charge in [-0.25, -0.2) is 9.59 Å². The Hall–Kier alpha value is -2.98. The van der Waals surface area contributed by atoms with Gasteiger partial charge in [0.1, 0.15) is 5.69 Å². The van der Waals surface area contributed by atoms with Crippen molar-refractivity contribution in [2.24, 2.45) is 5.73 Å². The minimum Gasteiger partial charge on any atom is -0.466 e. The van der Waals surface area contributed by atoms with Gasteiger partial charge in [-0.05, 0) is 41.8 Å². The second-order valence-corrected chi connectivity index (χ2v) is 6.59. The van der Waals surface area contributed by atoms with E-state index in [0.717, 1.165) is 0 Å². The van der Waals surface area contributed by atoms with Crippen molar-refractivity contribution in [3.63, 3.8) is 0 Å². The number of aliphatic hydroxyl groups excluding tert-OH is 3. The number of aromatic nitrogens is 1. The van der Waals surface area contributed by atoms with Crippen LogP contribution in [0.3, 0.4) is 0 Å². The third kappa shape index (κ3) is 5.20. The second-order valence-electron chi connectivity index (χ2n) is 6.59. The lowest BCUT2D eigenvalue weighted by molar-refractivity contribution is -0.134. The van der Waals surface area contributed by atoms with Gasteiger partial charge in [0, 0.05) is 29.3 Å². The number of nitrogens with one attached hydrogen (secondary N) is 1. The highest BCUT2D eigenvalue weighted by atomic mass is 16.5. The Morgan fingerprint density at radius 3 is 2.39 bits per heavy atom. The minimum atomic E-state index is -0.614. The van der Waals surface area contributed by atoms with Crippen molar-refractivity contribution in [1.29, 1.82) is 0 Å². The van der Waals surface area contributed by atoms with E-state index in [1.54, 1.807) is 19.1 Å². The van der Waals surface area contributed by atoms with E-state index in [1.165, 1.54) is 19.3 Å². The second kappa shape index (κ2) is 11.4. The normalized spacial score (nSPS) is 11.2. The Morgan fingerprint density at radius 1 is 1.13 bits per heavy atom. The number of nitrogens with two attached hydrogens (primary N) is 1. The fourth-order valence-corrected chi connectivity index (χ4v) is 3.46. The van der Waals surface area contributed by atoms with Crippen LogP contribution in [0.2, 0.25) is 0 Å². The van der Waals surface area contributed by atoms with Crippen molar-refractivity contribution < 1.29 is 34.4 Å². The van der Waals surface area contributed by atoms with Crippen molar-refractivity contribution in [2.75, 3.05) is 20.3 Å². The zero-order valence-electron chi connectivity index (χ0n) is 17.6. The molecular formula is C22H28N2O7. The molecule has 0 bridgehead atoms. The lowest BCUT2D eigenvalue weighted by Crippen LogP contribution is -2.07. The van der Waals surface area contributed by atoms with Crippen LogP contribution < -0.4 is 5.73 Å². The smallest absolute Gasteiger partial charge is 0.355 e. The molecule has 168 valence electrons. The van der Waals surface area contributed by atoms with E-state index in [2.05, 4.69) is 9.72 Å². The van der Waals surface area contributed by atoms with Crippen LogP contribution in [0.1, 0.15) is 45.4 Å². The van der Waals surface area contributed by atoms with E-state index in [-0.39, 0.29) is 25.5 Å². The van der Waals surface area contributed by atoms with Crippen LogP contribution in [0.25, 0.3) is 17.2 Å². The molecule has 0 amide bonds. The summed E-state index contributed by atoms with van der Waals surface area (Å²) in [6.07, 6.45) is 2.98. The van der Waals surface area contributed by atoms with Gasteiger partial charge in [0.15, 0.2) is 0 Å². The third-order valence-corrected chi connectivity index (χ3v) is 4.86. The van der Waals surface area contributed by atoms with Crippen LogP contribution in [-0.2, 0) is 40.5 Å². The Kier molecular flexibility index (Phi) is 8.95. The molecule has 0 unspecified atom stereocenters. The van der Waals surface area contributed by atoms with Gasteiger partial charge in [0.2, 0.25) is 0 Å². The quantitative estimate of drug-likeness (QED) is 0.275. The predicted molar refractivity (Wildman–Crippen MR) is 114 cm³/mol. The molecule has 0 atom stereocenters. The van der Waals surface area contributed by atoms with Crippen LogP contribution in [0.4, 0.5) is 0 Å². The summed E-state index contributed by atoms with van der Waals surface area (Å²) in [6.45, 7) is 0.982. The highest BCUT2D eigenvalue weighted by molar-refractivity contribution is 5.99. The molecule has 9 nitrogen and oxygen atoms in total. The molecule has 2 rings (SSSR count). The van der Waals surface area contributed by atoms with E-state index >= 15 is 0 Å². The molecule has 0 radical (unpaired) electrons. The zero-order chi connectivity index (χ0) is 23.0. The van der Waals surface area contributed by atoms with Gasteiger partial charge in [-0.3, -0.25) is 0 Å². The van der Waals surface area contributed by atoms with E-state index in [0.29, 0.717) is 45.5 Å². The highest BCUT2D eigenvalue weighted by Gasteiger charge is 2.25. The van der Waals surface area contributed by atoms with Gasteiger partial charge in [-0.1, -0.05) is 12.1 Å². The summed E-state index contributed by atoms with van der Waals surface area (Å²) < 4.78 is 9.81. The Bertz CT molecular complexity index is 963. The summed E-state index contributed by atoms with van der Waals surface area (Å²) in [6, 6.07) is 3.32. The number of hydrogen-bond donors (Lipinski definition) is 5. The van der Waals surface area contributed by atoms with Crippen LogP contribution in [0, 0.1) is 0 Å². The van der Waals surface area contributed by atoms with Gasteiger partial charge >= 0.3 is 11.9 Å². The molecule has 2 aromatic rings. The van der Waals surface area contributed by atoms with Gasteiger partial charge in [0.25, 0.3) is 0 Å². The topological polar surface area (TPSA) is 155 Å². The molecule has 0 aliphatic carbocycles. The summed E-state index contributed by atoms with van der Waals surface area (Å²) in [5.41, 5.74) is 9.19. The van der Waals surface area contributed by atoms with Gasteiger partial charge in [0.05, 0.1) is 33.5 Å². The SMILES string of the molecule is CCOC(=O)c1[nH]c(CCN)c(-c2ccc(CO)c(CO)c2CO)c1/C=C/C(=O)OC. The number of aromatic amines is 1. The highest BCUT2D eigenvalue weighted by Crippen LogP contribution is 2.37. The summed E-state index contributed by atoms with van der Waals surface area (Å²) in [5, 5.41) is 29.5. The average molecular weight is 432 g/mol. The molecule has 31 heavy (non-hydrogen) atoms. The Morgan fingerprint density at radius 2 is 1.84 bits per heavy atom. The summed E-state index contributed by atoms with van der Waals surface area (Å²) in [7, 11) is 1.24. The number of rotatable bonds is 10. The Balaban J connectivity index is 2.88. The van der Waals surface area contributed by atoms with Gasteiger partial charge < -0.3 is 35.5 Å². The van der Waals surface area contributed by atoms with Crippen molar-refractivity contribution in [1.82, 2.24) is 4.98 Å². The number of benzene rings is 1. The first-order valence-electron chi connectivity index (χ1n) is 9.81. The van der Waals surface area contributed by atoms with Crippen molar-refractivity contribution >= 4 is 18.0 Å². The van der Waals surface area contributed by atoms with Crippen molar-refractivity contribution in [3.05, 3.63) is 51.9 Å². The first-order chi connectivity index (χ1) is 15.0. The molecule has 1 aromatic heterocycles. The number of esters is 2. The molecule has 0 saturated heterocycles. The number of hydrogen-bond acceptors (Lipinski definition) is 8.